The number of benzene rings is 3. The molecule has 1 fully saturated rings. The minimum absolute atomic E-state index is 0.324. The molecule has 0 aliphatic carbocycles. The Morgan fingerprint density at radius 3 is 2.24 bits per heavy atom. The summed E-state index contributed by atoms with van der Waals surface area (Å²) in [5, 5.41) is 16.5. The number of aromatic amines is 1. The predicted octanol–water partition coefficient (Wildman–Crippen LogP) is 6.04. The third-order valence-electron chi connectivity index (χ3n) is 6.72. The number of aliphatic carboxylic acids is 1. The number of aromatic nitrogens is 2. The van der Waals surface area contributed by atoms with Crippen LogP contribution in [0.1, 0.15) is 24.0 Å². The lowest BCUT2D eigenvalue weighted by atomic mass is 9.97. The van der Waals surface area contributed by atoms with Crippen molar-refractivity contribution in [2.75, 3.05) is 19.7 Å². The van der Waals surface area contributed by atoms with E-state index in [1.807, 2.05) is 0 Å². The van der Waals surface area contributed by atoms with E-state index < -0.39 is 12.1 Å². The summed E-state index contributed by atoms with van der Waals surface area (Å²) in [6.45, 7) is 5.52. The third kappa shape index (κ3) is 6.79. The Morgan fingerprint density at radius 2 is 1.61 bits per heavy atom. The number of halogens is 3. The number of aliphatic hydroxyl groups is 1. The van der Waals surface area contributed by atoms with E-state index in [0.717, 1.165) is 54.9 Å². The van der Waals surface area contributed by atoms with Crippen molar-refractivity contribution in [1.29, 1.82) is 0 Å². The molecule has 200 valence electrons. The van der Waals surface area contributed by atoms with Crippen molar-refractivity contribution in [3.8, 4) is 22.5 Å². The summed E-state index contributed by atoms with van der Waals surface area (Å²) in [5.41, 5.74) is 8.18. The number of carboxylic acid groups (broad SMARTS) is 1. The monoisotopic (exact) mass is 525 g/mol. The smallest absolute Gasteiger partial charge is 0.475 e. The summed E-state index contributed by atoms with van der Waals surface area (Å²) < 4.78 is 31.7. The molecule has 0 saturated carbocycles. The second-order valence-electron chi connectivity index (χ2n) is 9.54. The van der Waals surface area contributed by atoms with E-state index in [9.17, 15) is 18.3 Å². The number of carboxylic acids is 1. The number of hydrogen-bond donors (Lipinski definition) is 3. The highest BCUT2D eigenvalue weighted by Crippen LogP contribution is 2.28. The maximum absolute atomic E-state index is 10.6. The zero-order chi connectivity index (χ0) is 27.3. The van der Waals surface area contributed by atoms with Crippen LogP contribution in [-0.2, 0) is 11.3 Å². The lowest BCUT2D eigenvalue weighted by Gasteiger charge is -2.31. The molecule has 0 atom stereocenters. The lowest BCUT2D eigenvalue weighted by molar-refractivity contribution is -0.192. The predicted molar refractivity (Wildman–Crippen MR) is 140 cm³/mol. The van der Waals surface area contributed by atoms with E-state index in [1.54, 1.807) is 0 Å². The number of nitrogens with zero attached hydrogens (tertiary/aromatic N) is 2. The second kappa shape index (κ2) is 11.8. The first-order chi connectivity index (χ1) is 18.1. The summed E-state index contributed by atoms with van der Waals surface area (Å²) in [6.07, 6.45) is -2.90. The molecule has 0 bridgehead atoms. The van der Waals surface area contributed by atoms with Crippen molar-refractivity contribution >= 4 is 17.0 Å². The van der Waals surface area contributed by atoms with Crippen molar-refractivity contribution in [3.05, 3.63) is 77.9 Å². The van der Waals surface area contributed by atoms with Gasteiger partial charge in [-0.2, -0.15) is 13.2 Å². The van der Waals surface area contributed by atoms with E-state index in [-0.39, 0.29) is 0 Å². The number of rotatable bonds is 5. The highest BCUT2D eigenvalue weighted by Gasteiger charge is 2.38. The molecule has 9 heteroatoms. The maximum atomic E-state index is 10.6. The number of alkyl halides is 3. The number of piperidine rings is 1. The zero-order valence-electron chi connectivity index (χ0n) is 21.0. The zero-order valence-corrected chi connectivity index (χ0v) is 21.0. The molecular formula is C29H30F3N3O3. The molecule has 38 heavy (non-hydrogen) atoms. The number of aliphatic hydroxyl groups excluding tert-OH is 1. The fourth-order valence-electron chi connectivity index (χ4n) is 4.59. The molecule has 1 aliphatic rings. The molecule has 0 spiro atoms. The Labute approximate surface area is 218 Å². The summed E-state index contributed by atoms with van der Waals surface area (Å²) in [4.78, 5) is 19.7. The number of H-pyrrole nitrogens is 1. The number of hydrogen-bond acceptors (Lipinski definition) is 4. The molecule has 6 nitrogen and oxygen atoms in total. The van der Waals surface area contributed by atoms with Gasteiger partial charge in [0.2, 0.25) is 0 Å². The van der Waals surface area contributed by atoms with Crippen molar-refractivity contribution in [1.82, 2.24) is 14.9 Å². The van der Waals surface area contributed by atoms with Crippen LogP contribution in [0.2, 0.25) is 0 Å². The van der Waals surface area contributed by atoms with Gasteiger partial charge in [-0.25, -0.2) is 9.78 Å². The van der Waals surface area contributed by atoms with Crippen LogP contribution in [0.5, 0.6) is 0 Å². The van der Waals surface area contributed by atoms with Crippen LogP contribution in [0.4, 0.5) is 13.2 Å². The number of imidazole rings is 1. The van der Waals surface area contributed by atoms with Crippen molar-refractivity contribution in [3.63, 3.8) is 0 Å². The summed E-state index contributed by atoms with van der Waals surface area (Å²) >= 11 is 0. The number of para-hydroxylation sites is 1. The molecule has 0 unspecified atom stereocenters. The first-order valence-corrected chi connectivity index (χ1v) is 12.4. The summed E-state index contributed by atoms with van der Waals surface area (Å²) in [7, 11) is 0. The molecule has 1 aliphatic heterocycles. The van der Waals surface area contributed by atoms with Gasteiger partial charge in [-0.15, -0.1) is 0 Å². The van der Waals surface area contributed by atoms with Gasteiger partial charge in [0.15, 0.2) is 0 Å². The van der Waals surface area contributed by atoms with Crippen LogP contribution in [0.3, 0.4) is 0 Å². The van der Waals surface area contributed by atoms with Gasteiger partial charge in [0.25, 0.3) is 0 Å². The average molecular weight is 526 g/mol. The van der Waals surface area contributed by atoms with Gasteiger partial charge in [0, 0.05) is 18.7 Å². The largest absolute Gasteiger partial charge is 0.490 e. The first-order valence-electron chi connectivity index (χ1n) is 12.4. The van der Waals surface area contributed by atoms with E-state index in [4.69, 9.17) is 14.9 Å². The van der Waals surface area contributed by atoms with Crippen LogP contribution in [0.25, 0.3) is 33.5 Å². The SMILES string of the molecule is Cc1cccc2[nH]c(-c3cccc(-c4cccc(CN5CCC(CO)CC5)c4)c3)nc12.O=C(O)C(F)(F)F. The standard InChI is InChI=1S/C27H29N3O.C2HF3O2/c1-19-5-2-10-25-26(19)29-27(28-25)24-9-4-8-23(16-24)22-7-3-6-21(15-22)17-30-13-11-20(18-31)12-14-30;3-2(4,5)1(6)7/h2-10,15-16,20,31H,11-14,17-18H2,1H3,(H,28,29);(H,6,7). The quantitative estimate of drug-likeness (QED) is 0.296. The van der Waals surface area contributed by atoms with Crippen LogP contribution in [0.15, 0.2) is 66.7 Å². The topological polar surface area (TPSA) is 89.5 Å². The maximum Gasteiger partial charge on any atom is 0.490 e. The fraction of sp³-hybridized carbons (Fsp3) is 0.310. The van der Waals surface area contributed by atoms with E-state index in [0.29, 0.717) is 12.5 Å². The molecule has 1 aromatic heterocycles. The van der Waals surface area contributed by atoms with Crippen LogP contribution < -0.4 is 0 Å². The van der Waals surface area contributed by atoms with Crippen molar-refractivity contribution in [2.45, 2.75) is 32.5 Å². The molecule has 4 aromatic rings. The van der Waals surface area contributed by atoms with E-state index in [1.165, 1.54) is 22.3 Å². The minimum Gasteiger partial charge on any atom is -0.475 e. The highest BCUT2D eigenvalue weighted by atomic mass is 19.4. The number of carbonyl (C=O) groups is 1. The minimum atomic E-state index is -5.08. The average Bonchev–Trinajstić information content (AvgIpc) is 3.35. The van der Waals surface area contributed by atoms with Gasteiger partial charge in [0.05, 0.1) is 11.0 Å². The Kier molecular flexibility index (Phi) is 8.48. The van der Waals surface area contributed by atoms with E-state index >= 15 is 0 Å². The number of likely N-dealkylation sites (tertiary alicyclic amines) is 1. The number of aryl methyl sites for hydroxylation is 1. The van der Waals surface area contributed by atoms with Gasteiger partial charge >= 0.3 is 12.1 Å². The van der Waals surface area contributed by atoms with Crippen molar-refractivity contribution < 1.29 is 28.2 Å². The van der Waals surface area contributed by atoms with E-state index in [2.05, 4.69) is 83.5 Å². The molecule has 2 heterocycles. The Morgan fingerprint density at radius 1 is 1.00 bits per heavy atom. The van der Waals surface area contributed by atoms with Gasteiger partial charge in [0.1, 0.15) is 5.82 Å². The number of nitrogens with one attached hydrogen (secondary N) is 1. The lowest BCUT2D eigenvalue weighted by Crippen LogP contribution is -2.34. The van der Waals surface area contributed by atoms with Crippen molar-refractivity contribution in [2.24, 2.45) is 5.92 Å². The summed E-state index contributed by atoms with van der Waals surface area (Å²) in [6, 6.07) is 23.7. The van der Waals surface area contributed by atoms with Gasteiger partial charge in [-0.05, 0) is 79.2 Å². The van der Waals surface area contributed by atoms with Gasteiger partial charge < -0.3 is 15.2 Å². The highest BCUT2D eigenvalue weighted by molar-refractivity contribution is 5.83. The molecule has 3 aromatic carbocycles. The molecule has 5 rings (SSSR count). The molecule has 0 amide bonds. The van der Waals surface area contributed by atoms with Crippen LogP contribution in [0, 0.1) is 12.8 Å². The van der Waals surface area contributed by atoms with Crippen LogP contribution >= 0.6 is 0 Å². The Bertz CT molecular complexity index is 1390. The van der Waals surface area contributed by atoms with Crippen LogP contribution in [-0.4, -0.2) is 56.9 Å². The van der Waals surface area contributed by atoms with Gasteiger partial charge in [-0.1, -0.05) is 48.5 Å². The molecule has 3 N–H and O–H groups in total. The number of fused-ring (bicyclic) bond motifs is 1. The third-order valence-corrected chi connectivity index (χ3v) is 6.72. The molecule has 1 saturated heterocycles. The molecule has 0 radical (unpaired) electrons. The summed E-state index contributed by atoms with van der Waals surface area (Å²) in [5.74, 6) is -1.37. The molecular weight excluding hydrogens is 495 g/mol. The Hall–Kier alpha value is -3.69. The Balaban J connectivity index is 0.000000426. The normalized spacial score (nSPS) is 14.8. The first kappa shape index (κ1) is 27.3. The van der Waals surface area contributed by atoms with Gasteiger partial charge in [-0.3, -0.25) is 4.90 Å². The fourth-order valence-corrected chi connectivity index (χ4v) is 4.59. The second-order valence-corrected chi connectivity index (χ2v) is 9.54.